The lowest BCUT2D eigenvalue weighted by Crippen LogP contribution is -2.19. The van der Waals surface area contributed by atoms with Crippen LogP contribution in [0.3, 0.4) is 0 Å². The fraction of sp³-hybridized carbons (Fsp3) is 0.125. The van der Waals surface area contributed by atoms with Crippen molar-refractivity contribution in [2.24, 2.45) is 5.10 Å². The molecule has 5 radical (unpaired) electrons. The van der Waals surface area contributed by atoms with Crippen LogP contribution < -0.4 is 0 Å². The Balaban J connectivity index is 1.73. The first-order chi connectivity index (χ1) is 10.3. The number of aryl methyl sites for hydroxylation is 1. The van der Waals surface area contributed by atoms with Crippen LogP contribution >= 0.6 is 11.8 Å². The maximum absolute atomic E-state index is 4.73. The Morgan fingerprint density at radius 1 is 1.05 bits per heavy atom. The number of hydrogen-bond acceptors (Lipinski definition) is 4. The second-order valence-electron chi connectivity index (χ2n) is 4.99. The molecular formula is C16H13N4S. The van der Waals surface area contributed by atoms with Gasteiger partial charge in [0, 0.05) is 17.2 Å². The molecule has 1 fully saturated rings. The third kappa shape index (κ3) is 2.39. The lowest BCUT2D eigenvalue weighted by molar-refractivity contribution is 0.760. The summed E-state index contributed by atoms with van der Waals surface area (Å²) in [5, 5.41) is 14.1. The number of hydrogen-bond donors (Lipinski definition) is 0. The van der Waals surface area contributed by atoms with Crippen LogP contribution in [0, 0.1) is 38.5 Å². The molecule has 0 bridgehead atoms. The van der Waals surface area contributed by atoms with E-state index in [-0.39, 0.29) is 0 Å². The first kappa shape index (κ1) is 13.1. The first-order valence-corrected chi connectivity index (χ1v) is 7.75. The molecule has 1 aliphatic heterocycles. The topological polar surface area (TPSA) is 43.1 Å². The molecule has 2 aromatic rings. The highest BCUT2D eigenvalue weighted by Crippen LogP contribution is 2.32. The SMILES string of the molecule is Cc1ccc(-c2nnc3n2N=C([C]2[CH][CH][CH][CH]2)CS3)cc1. The second kappa shape index (κ2) is 5.30. The van der Waals surface area contributed by atoms with E-state index < -0.39 is 0 Å². The lowest BCUT2D eigenvalue weighted by atomic mass is 10.0. The molecule has 21 heavy (non-hydrogen) atoms. The van der Waals surface area contributed by atoms with Gasteiger partial charge >= 0.3 is 0 Å². The van der Waals surface area contributed by atoms with Gasteiger partial charge in [-0.05, 0) is 32.6 Å². The van der Waals surface area contributed by atoms with Crippen molar-refractivity contribution in [3.05, 3.63) is 61.4 Å². The zero-order chi connectivity index (χ0) is 14.2. The highest BCUT2D eigenvalue weighted by molar-refractivity contribution is 7.99. The van der Waals surface area contributed by atoms with Crippen molar-refractivity contribution >= 4 is 17.5 Å². The second-order valence-corrected chi connectivity index (χ2v) is 5.94. The Bertz CT molecular complexity index is 681. The van der Waals surface area contributed by atoms with E-state index in [0.717, 1.165) is 33.9 Å². The van der Waals surface area contributed by atoms with E-state index in [9.17, 15) is 0 Å². The number of benzene rings is 1. The Labute approximate surface area is 128 Å². The summed E-state index contributed by atoms with van der Waals surface area (Å²) >= 11 is 1.67. The van der Waals surface area contributed by atoms with Gasteiger partial charge in [0.15, 0.2) is 5.82 Å². The molecule has 0 N–H and O–H groups in total. The average molecular weight is 293 g/mol. The summed E-state index contributed by atoms with van der Waals surface area (Å²) in [6, 6.07) is 8.27. The summed E-state index contributed by atoms with van der Waals surface area (Å²) in [6.07, 6.45) is 8.23. The van der Waals surface area contributed by atoms with Crippen molar-refractivity contribution in [3.8, 4) is 11.4 Å². The van der Waals surface area contributed by atoms with Crippen molar-refractivity contribution in [3.63, 3.8) is 0 Å². The summed E-state index contributed by atoms with van der Waals surface area (Å²) in [5.74, 6) is 2.79. The Hall–Kier alpha value is -1.62. The molecule has 5 heteroatoms. The number of aromatic nitrogens is 3. The van der Waals surface area contributed by atoms with Crippen LogP contribution in [0.4, 0.5) is 0 Å². The highest BCUT2D eigenvalue weighted by Gasteiger charge is 2.27. The van der Waals surface area contributed by atoms with Gasteiger partial charge in [-0.3, -0.25) is 0 Å². The molecule has 0 spiro atoms. The monoisotopic (exact) mass is 293 g/mol. The smallest absolute Gasteiger partial charge is 0.187 e. The Morgan fingerprint density at radius 3 is 2.57 bits per heavy atom. The molecule has 0 amide bonds. The highest BCUT2D eigenvalue weighted by atomic mass is 32.2. The van der Waals surface area contributed by atoms with Gasteiger partial charge in [-0.2, -0.15) is 9.78 Å². The maximum atomic E-state index is 4.73. The van der Waals surface area contributed by atoms with Gasteiger partial charge in [-0.25, -0.2) is 0 Å². The van der Waals surface area contributed by atoms with E-state index in [1.807, 2.05) is 17.5 Å². The molecule has 4 nitrogen and oxygen atoms in total. The molecule has 2 aliphatic rings. The van der Waals surface area contributed by atoms with Crippen molar-refractivity contribution in [2.75, 3.05) is 5.75 Å². The molecule has 2 heterocycles. The van der Waals surface area contributed by atoms with E-state index in [4.69, 9.17) is 5.10 Å². The summed E-state index contributed by atoms with van der Waals surface area (Å²) in [4.78, 5) is 0. The van der Waals surface area contributed by atoms with Gasteiger partial charge in [-0.15, -0.1) is 10.2 Å². The van der Waals surface area contributed by atoms with E-state index >= 15 is 0 Å². The van der Waals surface area contributed by atoms with E-state index in [1.54, 1.807) is 11.8 Å². The number of rotatable bonds is 2. The van der Waals surface area contributed by atoms with Gasteiger partial charge in [0.05, 0.1) is 5.71 Å². The Morgan fingerprint density at radius 2 is 1.81 bits per heavy atom. The molecule has 1 aliphatic carbocycles. The van der Waals surface area contributed by atoms with E-state index in [0.29, 0.717) is 0 Å². The van der Waals surface area contributed by atoms with Crippen LogP contribution in [0.5, 0.6) is 0 Å². The van der Waals surface area contributed by atoms with Crippen LogP contribution in [-0.4, -0.2) is 26.3 Å². The van der Waals surface area contributed by atoms with Crippen molar-refractivity contribution in [2.45, 2.75) is 12.1 Å². The van der Waals surface area contributed by atoms with E-state index in [1.165, 1.54) is 5.56 Å². The fourth-order valence-corrected chi connectivity index (χ4v) is 3.16. The fourth-order valence-electron chi connectivity index (χ4n) is 2.32. The third-order valence-electron chi connectivity index (χ3n) is 3.48. The molecule has 0 unspecified atom stereocenters. The summed E-state index contributed by atoms with van der Waals surface area (Å²) in [6.45, 7) is 2.07. The molecular weight excluding hydrogens is 280 g/mol. The van der Waals surface area contributed by atoms with Crippen LogP contribution in [0.15, 0.2) is 34.5 Å². The van der Waals surface area contributed by atoms with Crippen molar-refractivity contribution in [1.82, 2.24) is 14.9 Å². The Kier molecular flexibility index (Phi) is 3.30. The average Bonchev–Trinajstić information content (AvgIpc) is 3.17. The number of thioether (sulfide) groups is 1. The van der Waals surface area contributed by atoms with Gasteiger partial charge < -0.3 is 0 Å². The van der Waals surface area contributed by atoms with E-state index in [2.05, 4.69) is 54.2 Å². The molecule has 1 saturated carbocycles. The minimum atomic E-state index is 0.793. The summed E-state index contributed by atoms with van der Waals surface area (Å²) in [7, 11) is 0. The van der Waals surface area contributed by atoms with Crippen LogP contribution in [0.1, 0.15) is 5.56 Å². The number of fused-ring (bicyclic) bond motifs is 1. The molecule has 0 saturated heterocycles. The molecule has 4 rings (SSSR count). The van der Waals surface area contributed by atoms with Crippen LogP contribution in [0.25, 0.3) is 11.4 Å². The molecule has 1 aromatic heterocycles. The van der Waals surface area contributed by atoms with Gasteiger partial charge in [-0.1, -0.05) is 41.6 Å². The predicted molar refractivity (Wildman–Crippen MR) is 84.2 cm³/mol. The summed E-state index contributed by atoms with van der Waals surface area (Å²) < 4.78 is 1.85. The van der Waals surface area contributed by atoms with Gasteiger partial charge in [0.1, 0.15) is 0 Å². The zero-order valence-electron chi connectivity index (χ0n) is 11.5. The van der Waals surface area contributed by atoms with Gasteiger partial charge in [0.25, 0.3) is 0 Å². The van der Waals surface area contributed by atoms with Crippen molar-refractivity contribution in [1.29, 1.82) is 0 Å². The maximum Gasteiger partial charge on any atom is 0.212 e. The van der Waals surface area contributed by atoms with Crippen molar-refractivity contribution < 1.29 is 0 Å². The largest absolute Gasteiger partial charge is 0.212 e. The third-order valence-corrected chi connectivity index (χ3v) is 4.41. The molecule has 1 aromatic carbocycles. The first-order valence-electron chi connectivity index (χ1n) is 6.76. The quantitative estimate of drug-likeness (QED) is 0.855. The minimum absolute atomic E-state index is 0.793. The molecule has 103 valence electrons. The van der Waals surface area contributed by atoms with Crippen LogP contribution in [0.2, 0.25) is 0 Å². The number of nitrogens with zero attached hydrogens (tertiary/aromatic N) is 4. The normalized spacial score (nSPS) is 18.6. The predicted octanol–water partition coefficient (Wildman–Crippen LogP) is 2.97. The molecule has 0 atom stereocenters. The lowest BCUT2D eigenvalue weighted by Gasteiger charge is -2.17. The van der Waals surface area contributed by atoms with Gasteiger partial charge in [0.2, 0.25) is 5.16 Å². The van der Waals surface area contributed by atoms with Crippen LogP contribution in [-0.2, 0) is 0 Å². The summed E-state index contributed by atoms with van der Waals surface area (Å²) in [5.41, 5.74) is 3.32. The zero-order valence-corrected chi connectivity index (χ0v) is 12.3. The minimum Gasteiger partial charge on any atom is -0.187 e. The standard InChI is InChI=1S/C16H13N4S/c1-11-6-8-13(9-7-11)15-17-18-16-20(15)19-14(10-21-16)12-4-2-3-5-12/h2-9H,10H2,1H3.